The van der Waals surface area contributed by atoms with Gasteiger partial charge in [0.2, 0.25) is 5.95 Å². The third-order valence-electron chi connectivity index (χ3n) is 3.74. The van der Waals surface area contributed by atoms with Crippen molar-refractivity contribution in [1.82, 2.24) is 19.5 Å². The van der Waals surface area contributed by atoms with Crippen molar-refractivity contribution < 1.29 is 28.3 Å². The van der Waals surface area contributed by atoms with Crippen LogP contribution >= 0.6 is 23.8 Å². The van der Waals surface area contributed by atoms with Crippen LogP contribution in [0.5, 0.6) is 0 Å². The highest BCUT2D eigenvalue weighted by atomic mass is 79.9. The van der Waals surface area contributed by atoms with Crippen LogP contribution in [-0.2, 0) is 18.3 Å². The third-order valence-corrected chi connectivity index (χ3v) is 5.26. The number of anilines is 1. The van der Waals surface area contributed by atoms with Crippen LogP contribution in [0.25, 0.3) is 11.2 Å². The molecule has 130 valence electrons. The molecule has 2 aliphatic heterocycles. The number of phosphoric ester groups is 1. The van der Waals surface area contributed by atoms with Gasteiger partial charge in [0.25, 0.3) is 13.4 Å². The lowest BCUT2D eigenvalue weighted by Gasteiger charge is -2.34. The number of aliphatic hydroxyl groups excluding tert-OH is 1. The van der Waals surface area contributed by atoms with Crippen LogP contribution < -0.4 is 16.2 Å². The molecule has 0 aromatic carbocycles. The number of aromatic amines is 1. The van der Waals surface area contributed by atoms with E-state index in [4.69, 9.17) is 15.0 Å². The summed E-state index contributed by atoms with van der Waals surface area (Å²) < 4.78 is 27.8. The van der Waals surface area contributed by atoms with Crippen molar-refractivity contribution >= 4 is 40.9 Å². The maximum absolute atomic E-state index is 11.9. The lowest BCUT2D eigenvalue weighted by atomic mass is 10.1. The van der Waals surface area contributed by atoms with E-state index in [1.165, 1.54) is 4.57 Å². The van der Waals surface area contributed by atoms with Gasteiger partial charge >= 0.3 is 0 Å². The average molecular weight is 423 g/mol. The number of imidazole rings is 1. The Balaban J connectivity index is 1.80. The standard InChI is InChI=1S/C10H11BrN5O7P/c11-9-13-3-6(14-10(12)15-7(3)18)16(9)8-4(17)5-2(22-8)1-21-24(19,20)23-5/h2,4-5,8,17H,1H2,(H,19,20)(H3,12,14,15,18)/p-1/t2-,4+,5+,8+/m0/s1. The van der Waals surface area contributed by atoms with Crippen LogP contribution in [0.15, 0.2) is 9.53 Å². The molecule has 0 aliphatic carbocycles. The molecule has 2 aliphatic rings. The van der Waals surface area contributed by atoms with Gasteiger partial charge in [0.05, 0.1) is 6.61 Å². The van der Waals surface area contributed by atoms with E-state index in [2.05, 4.69) is 35.4 Å². The molecule has 0 radical (unpaired) electrons. The second-order valence-electron chi connectivity index (χ2n) is 5.24. The Labute approximate surface area is 141 Å². The summed E-state index contributed by atoms with van der Waals surface area (Å²) in [5.41, 5.74) is 5.02. The second kappa shape index (κ2) is 5.33. The van der Waals surface area contributed by atoms with Gasteiger partial charge < -0.3 is 29.5 Å². The number of phosphoric acid groups is 1. The Morgan fingerprint density at radius 3 is 3.00 bits per heavy atom. The van der Waals surface area contributed by atoms with Gasteiger partial charge in [0.1, 0.15) is 18.3 Å². The molecule has 4 heterocycles. The van der Waals surface area contributed by atoms with Crippen LogP contribution in [0.4, 0.5) is 5.95 Å². The van der Waals surface area contributed by atoms with Gasteiger partial charge in [-0.25, -0.2) is 4.98 Å². The molecule has 2 aromatic rings. The zero-order valence-corrected chi connectivity index (χ0v) is 14.1. The number of nitrogens with zero attached hydrogens (tertiary/aromatic N) is 3. The second-order valence-corrected chi connectivity index (χ2v) is 7.32. The summed E-state index contributed by atoms with van der Waals surface area (Å²) in [5.74, 6) is -0.144. The molecule has 14 heteroatoms. The summed E-state index contributed by atoms with van der Waals surface area (Å²) in [6, 6.07) is 0. The van der Waals surface area contributed by atoms with E-state index in [9.17, 15) is 19.4 Å². The molecule has 0 bridgehead atoms. The fourth-order valence-corrected chi connectivity index (χ4v) is 4.24. The Morgan fingerprint density at radius 1 is 1.50 bits per heavy atom. The number of hydrogen-bond acceptors (Lipinski definition) is 10. The number of rotatable bonds is 1. The molecule has 2 saturated heterocycles. The smallest absolute Gasteiger partial charge is 0.280 e. The van der Waals surface area contributed by atoms with Gasteiger partial charge in [0.15, 0.2) is 22.1 Å². The normalized spacial score (nSPS) is 36.1. The van der Waals surface area contributed by atoms with Crippen LogP contribution in [0.3, 0.4) is 0 Å². The molecule has 0 amide bonds. The molecular formula is C10H10BrN5O7P-. The van der Waals surface area contributed by atoms with Crippen LogP contribution in [-0.4, -0.2) is 49.5 Å². The molecule has 2 fully saturated rings. The molecule has 24 heavy (non-hydrogen) atoms. The molecule has 5 atom stereocenters. The highest BCUT2D eigenvalue weighted by Crippen LogP contribution is 2.50. The number of H-pyrrole nitrogens is 1. The minimum atomic E-state index is -4.49. The first-order valence-electron chi connectivity index (χ1n) is 6.67. The lowest BCUT2D eigenvalue weighted by molar-refractivity contribution is -0.245. The van der Waals surface area contributed by atoms with E-state index in [-0.39, 0.29) is 28.5 Å². The minimum absolute atomic E-state index is 0.0200. The number of nitrogen functional groups attached to an aromatic ring is 1. The summed E-state index contributed by atoms with van der Waals surface area (Å²) >= 11 is 3.17. The number of halogens is 1. The van der Waals surface area contributed by atoms with Gasteiger partial charge in [-0.05, 0) is 15.9 Å². The predicted molar refractivity (Wildman–Crippen MR) is 78.6 cm³/mol. The first-order chi connectivity index (χ1) is 11.3. The molecule has 4 rings (SSSR count). The van der Waals surface area contributed by atoms with Crippen molar-refractivity contribution in [3.63, 3.8) is 0 Å². The van der Waals surface area contributed by atoms with Crippen LogP contribution in [0.1, 0.15) is 6.23 Å². The number of hydrogen-bond donors (Lipinski definition) is 3. The number of fused-ring (bicyclic) bond motifs is 2. The average Bonchev–Trinajstić information content (AvgIpc) is 2.96. The molecular weight excluding hydrogens is 413 g/mol. The largest absolute Gasteiger partial charge is 0.756 e. The first-order valence-corrected chi connectivity index (χ1v) is 8.93. The monoisotopic (exact) mass is 422 g/mol. The highest BCUT2D eigenvalue weighted by molar-refractivity contribution is 9.10. The zero-order valence-electron chi connectivity index (χ0n) is 11.7. The summed E-state index contributed by atoms with van der Waals surface area (Å²) in [5, 5.41) is 10.4. The molecule has 0 spiro atoms. The SMILES string of the molecule is Nc1nc2c(nc(Br)n2[C@@H]2O[C@H]3COP(=O)([O-])O[C@H]3[C@H]2O)c(=O)[nH]1. The maximum atomic E-state index is 11.9. The Hall–Kier alpha value is -1.34. The molecule has 4 N–H and O–H groups in total. The van der Waals surface area contributed by atoms with Gasteiger partial charge in [-0.2, -0.15) is 4.98 Å². The number of ether oxygens (including phenoxy) is 1. The Bertz CT molecular complexity index is 930. The van der Waals surface area contributed by atoms with Crippen LogP contribution in [0.2, 0.25) is 0 Å². The summed E-state index contributed by atoms with van der Waals surface area (Å²) in [4.78, 5) is 33.6. The van der Waals surface area contributed by atoms with E-state index >= 15 is 0 Å². The minimum Gasteiger partial charge on any atom is -0.756 e. The number of aromatic nitrogens is 4. The van der Waals surface area contributed by atoms with E-state index < -0.39 is 37.9 Å². The summed E-state index contributed by atoms with van der Waals surface area (Å²) in [7, 11) is -4.49. The van der Waals surface area contributed by atoms with Crippen molar-refractivity contribution in [2.45, 2.75) is 24.5 Å². The Morgan fingerprint density at radius 2 is 2.25 bits per heavy atom. The molecule has 1 unspecified atom stereocenters. The molecule has 12 nitrogen and oxygen atoms in total. The maximum Gasteiger partial charge on any atom is 0.280 e. The Kier molecular flexibility index (Phi) is 3.58. The van der Waals surface area contributed by atoms with Gasteiger partial charge in [-0.3, -0.25) is 18.9 Å². The number of nitrogens with two attached hydrogens (primary N) is 1. The predicted octanol–water partition coefficient (Wildman–Crippen LogP) is -1.39. The van der Waals surface area contributed by atoms with Crippen molar-refractivity contribution in [3.8, 4) is 0 Å². The van der Waals surface area contributed by atoms with E-state index in [1.807, 2.05) is 0 Å². The van der Waals surface area contributed by atoms with E-state index in [0.717, 1.165) is 0 Å². The van der Waals surface area contributed by atoms with Gasteiger partial charge in [-0.15, -0.1) is 0 Å². The third kappa shape index (κ3) is 2.40. The highest BCUT2D eigenvalue weighted by Gasteiger charge is 2.50. The topological polar surface area (TPSA) is 178 Å². The summed E-state index contributed by atoms with van der Waals surface area (Å²) in [6.45, 7) is -0.292. The number of nitrogens with one attached hydrogen (secondary N) is 1. The lowest BCUT2D eigenvalue weighted by Crippen LogP contribution is -2.41. The fourth-order valence-electron chi connectivity index (χ4n) is 2.74. The van der Waals surface area contributed by atoms with Gasteiger partial charge in [0, 0.05) is 0 Å². The zero-order chi connectivity index (χ0) is 17.2. The van der Waals surface area contributed by atoms with Crippen molar-refractivity contribution in [3.05, 3.63) is 15.1 Å². The quantitative estimate of drug-likeness (QED) is 0.365. The number of aliphatic hydroxyl groups is 1. The van der Waals surface area contributed by atoms with Crippen molar-refractivity contribution in [2.75, 3.05) is 12.3 Å². The molecule has 0 saturated carbocycles. The fraction of sp³-hybridized carbons (Fsp3) is 0.500. The van der Waals surface area contributed by atoms with Crippen molar-refractivity contribution in [1.29, 1.82) is 0 Å². The van der Waals surface area contributed by atoms with Gasteiger partial charge in [-0.1, -0.05) is 0 Å². The molecule has 2 aromatic heterocycles. The first kappa shape index (κ1) is 16.1. The van der Waals surface area contributed by atoms with E-state index in [0.29, 0.717) is 0 Å². The van der Waals surface area contributed by atoms with E-state index in [1.54, 1.807) is 0 Å². The van der Waals surface area contributed by atoms with Crippen molar-refractivity contribution in [2.24, 2.45) is 0 Å². The summed E-state index contributed by atoms with van der Waals surface area (Å²) in [6.07, 6.45) is -4.42. The van der Waals surface area contributed by atoms with Crippen LogP contribution in [0, 0.1) is 0 Å².